The van der Waals surface area contributed by atoms with E-state index in [0.717, 1.165) is 38.2 Å². The maximum absolute atomic E-state index is 13.0. The number of hydrogen-bond acceptors (Lipinski definition) is 5. The predicted octanol–water partition coefficient (Wildman–Crippen LogP) is 3.24. The highest BCUT2D eigenvalue weighted by Crippen LogP contribution is 2.30. The zero-order valence-corrected chi connectivity index (χ0v) is 17.0. The number of rotatable bonds is 5. The second-order valence-electron chi connectivity index (χ2n) is 7.77. The maximum Gasteiger partial charge on any atom is 0.434 e. The monoisotopic (exact) mass is 445 g/mol. The van der Waals surface area contributed by atoms with E-state index in [2.05, 4.69) is 15.6 Å². The Hall–Kier alpha value is -3.63. The summed E-state index contributed by atoms with van der Waals surface area (Å²) in [6.07, 6.45) is 1.91. The third-order valence-electron chi connectivity index (χ3n) is 5.58. The molecule has 0 spiro atoms. The first-order valence-corrected chi connectivity index (χ1v) is 10.1. The van der Waals surface area contributed by atoms with Crippen LogP contribution in [0.5, 0.6) is 0 Å². The van der Waals surface area contributed by atoms with E-state index in [4.69, 9.17) is 10.8 Å². The number of alkyl halides is 3. The van der Waals surface area contributed by atoms with Crippen LogP contribution in [-0.4, -0.2) is 38.3 Å². The number of imidazole rings is 1. The van der Waals surface area contributed by atoms with Crippen molar-refractivity contribution in [3.05, 3.63) is 59.5 Å². The number of carbonyl (C=O) groups is 1. The van der Waals surface area contributed by atoms with Gasteiger partial charge in [0.05, 0.1) is 6.34 Å². The number of carbonyl (C=O) groups excluding carboxylic acids is 1. The van der Waals surface area contributed by atoms with Gasteiger partial charge in [-0.25, -0.2) is 4.98 Å². The van der Waals surface area contributed by atoms with Gasteiger partial charge in [0.25, 0.3) is 5.91 Å². The number of hydrogen-bond donors (Lipinski definition) is 4. The molecule has 3 aromatic rings. The second-order valence-corrected chi connectivity index (χ2v) is 7.77. The molecule has 0 unspecified atom stereocenters. The lowest BCUT2D eigenvalue weighted by Gasteiger charge is -2.30. The minimum atomic E-state index is -4.50. The summed E-state index contributed by atoms with van der Waals surface area (Å²) in [5.74, 6) is 0.277. The van der Waals surface area contributed by atoms with E-state index >= 15 is 0 Å². The molecule has 1 aliphatic carbocycles. The molecule has 1 aliphatic rings. The first-order chi connectivity index (χ1) is 15.2. The molecule has 0 aliphatic heterocycles. The molecule has 4 rings (SSSR count). The Labute approximate surface area is 181 Å². The summed E-state index contributed by atoms with van der Waals surface area (Å²) in [6.45, 7) is 0. The number of aromatic nitrogens is 3. The Morgan fingerprint density at radius 2 is 1.88 bits per heavy atom. The van der Waals surface area contributed by atoms with E-state index in [-0.39, 0.29) is 29.1 Å². The minimum Gasteiger partial charge on any atom is -0.368 e. The van der Waals surface area contributed by atoms with Crippen LogP contribution in [0.25, 0.3) is 5.65 Å². The van der Waals surface area contributed by atoms with Gasteiger partial charge in [-0.3, -0.25) is 24.6 Å². The van der Waals surface area contributed by atoms with Gasteiger partial charge < -0.3 is 10.6 Å². The molecular formula is C21H22F3N7O. The number of anilines is 1. The molecule has 3 heterocycles. The van der Waals surface area contributed by atoms with Gasteiger partial charge in [-0.1, -0.05) is 6.07 Å². The van der Waals surface area contributed by atoms with Crippen LogP contribution in [0.15, 0.2) is 42.7 Å². The van der Waals surface area contributed by atoms with Gasteiger partial charge in [-0.15, -0.1) is 0 Å². The van der Waals surface area contributed by atoms with Crippen molar-refractivity contribution in [2.45, 2.75) is 43.9 Å². The number of nitrogens with zero attached hydrogens (tertiary/aromatic N) is 3. The van der Waals surface area contributed by atoms with Gasteiger partial charge >= 0.3 is 6.18 Å². The van der Waals surface area contributed by atoms with Crippen molar-refractivity contribution in [3.63, 3.8) is 0 Å². The SMILES string of the molecule is N=Cn1ccc(C(=O)NC2CCC(Nc3cccc4nc(C(F)(F)F)cn34)CC2)cc1=N. The van der Waals surface area contributed by atoms with Crippen LogP contribution in [0, 0.1) is 10.8 Å². The lowest BCUT2D eigenvalue weighted by Crippen LogP contribution is -2.40. The maximum atomic E-state index is 13.0. The Morgan fingerprint density at radius 3 is 2.53 bits per heavy atom. The van der Waals surface area contributed by atoms with Crippen molar-refractivity contribution in [2.24, 2.45) is 0 Å². The van der Waals surface area contributed by atoms with Gasteiger partial charge in [-0.05, 0) is 49.9 Å². The van der Waals surface area contributed by atoms with E-state index in [0.29, 0.717) is 11.4 Å². The van der Waals surface area contributed by atoms with Gasteiger partial charge in [0.1, 0.15) is 17.0 Å². The van der Waals surface area contributed by atoms with Crippen molar-refractivity contribution >= 4 is 23.7 Å². The molecule has 0 aromatic carbocycles. The predicted molar refractivity (Wildman–Crippen MR) is 112 cm³/mol. The fraction of sp³-hybridized carbons (Fsp3) is 0.333. The van der Waals surface area contributed by atoms with Gasteiger partial charge in [0.15, 0.2) is 5.69 Å². The van der Waals surface area contributed by atoms with Gasteiger partial charge in [0.2, 0.25) is 0 Å². The van der Waals surface area contributed by atoms with Crippen LogP contribution in [0.2, 0.25) is 0 Å². The Kier molecular flexibility index (Phi) is 5.72. The number of fused-ring (bicyclic) bond motifs is 1. The van der Waals surface area contributed by atoms with Crippen molar-refractivity contribution < 1.29 is 18.0 Å². The normalized spacial score (nSPS) is 19.0. The van der Waals surface area contributed by atoms with Crippen LogP contribution in [-0.2, 0) is 6.18 Å². The fourth-order valence-corrected chi connectivity index (χ4v) is 3.89. The third-order valence-corrected chi connectivity index (χ3v) is 5.58. The molecule has 8 nitrogen and oxygen atoms in total. The molecule has 0 radical (unpaired) electrons. The number of halogens is 3. The number of nitrogens with one attached hydrogen (secondary N) is 4. The molecule has 1 saturated carbocycles. The quantitative estimate of drug-likeness (QED) is 0.357. The van der Waals surface area contributed by atoms with E-state index < -0.39 is 11.9 Å². The molecule has 0 saturated heterocycles. The second kappa shape index (κ2) is 8.48. The van der Waals surface area contributed by atoms with Crippen LogP contribution in [0.3, 0.4) is 0 Å². The average Bonchev–Trinajstić information content (AvgIpc) is 3.21. The Bertz CT molecular complexity index is 1210. The highest BCUT2D eigenvalue weighted by atomic mass is 19.4. The van der Waals surface area contributed by atoms with E-state index in [9.17, 15) is 18.0 Å². The van der Waals surface area contributed by atoms with E-state index in [1.54, 1.807) is 18.2 Å². The highest BCUT2D eigenvalue weighted by molar-refractivity contribution is 5.94. The highest BCUT2D eigenvalue weighted by Gasteiger charge is 2.34. The van der Waals surface area contributed by atoms with Crippen LogP contribution < -0.4 is 16.1 Å². The lowest BCUT2D eigenvalue weighted by atomic mass is 9.91. The summed E-state index contributed by atoms with van der Waals surface area (Å²) < 4.78 is 41.7. The van der Waals surface area contributed by atoms with Gasteiger partial charge in [-0.2, -0.15) is 13.2 Å². The van der Waals surface area contributed by atoms with Crippen molar-refractivity contribution in [1.82, 2.24) is 19.3 Å². The average molecular weight is 445 g/mol. The minimum absolute atomic E-state index is 0.0225. The largest absolute Gasteiger partial charge is 0.434 e. The summed E-state index contributed by atoms with van der Waals surface area (Å²) >= 11 is 0. The fourth-order valence-electron chi connectivity index (χ4n) is 3.89. The van der Waals surface area contributed by atoms with Crippen molar-refractivity contribution in [3.8, 4) is 0 Å². The molecule has 0 bridgehead atoms. The summed E-state index contributed by atoms with van der Waals surface area (Å²) in [4.78, 5) is 16.1. The third kappa shape index (κ3) is 4.51. The molecule has 4 N–H and O–H groups in total. The smallest absolute Gasteiger partial charge is 0.368 e. The number of amides is 1. The zero-order chi connectivity index (χ0) is 22.9. The van der Waals surface area contributed by atoms with Crippen LogP contribution in [0.1, 0.15) is 41.7 Å². The molecule has 0 atom stereocenters. The van der Waals surface area contributed by atoms with Gasteiger partial charge in [0, 0.05) is 30.0 Å². The molecule has 1 amide bonds. The van der Waals surface area contributed by atoms with Crippen LogP contribution >= 0.6 is 0 Å². The molecule has 1 fully saturated rings. The molecule has 32 heavy (non-hydrogen) atoms. The summed E-state index contributed by atoms with van der Waals surface area (Å²) in [6, 6.07) is 7.93. The summed E-state index contributed by atoms with van der Waals surface area (Å²) in [5.41, 5.74) is -0.297. The summed E-state index contributed by atoms with van der Waals surface area (Å²) in [5, 5.41) is 21.3. The Balaban J connectivity index is 1.37. The summed E-state index contributed by atoms with van der Waals surface area (Å²) in [7, 11) is 0. The van der Waals surface area contributed by atoms with Crippen molar-refractivity contribution in [2.75, 3.05) is 5.32 Å². The Morgan fingerprint density at radius 1 is 1.16 bits per heavy atom. The first-order valence-electron chi connectivity index (χ1n) is 10.1. The molecule has 11 heteroatoms. The van der Waals surface area contributed by atoms with Crippen LogP contribution in [0.4, 0.5) is 19.0 Å². The lowest BCUT2D eigenvalue weighted by molar-refractivity contribution is -0.140. The standard InChI is InChI=1S/C21H22F3N7O/c22-21(23,24)16-11-31-18(2-1-3-19(31)29-16)27-14-4-6-15(7-5-14)28-20(32)13-8-9-30(12-25)17(26)10-13/h1-3,8-12,14-15,25-27H,4-7H2,(H,28,32). The molecular weight excluding hydrogens is 423 g/mol. The first kappa shape index (κ1) is 21.6. The van der Waals surface area contributed by atoms with E-state index in [1.165, 1.54) is 27.3 Å². The topological polar surface area (TPSA) is 111 Å². The zero-order valence-electron chi connectivity index (χ0n) is 17.0. The van der Waals surface area contributed by atoms with Crippen molar-refractivity contribution in [1.29, 1.82) is 10.8 Å². The molecule has 168 valence electrons. The number of pyridine rings is 2. The van der Waals surface area contributed by atoms with E-state index in [1.807, 2.05) is 0 Å². The molecule has 3 aromatic heterocycles.